The number of phenols is 1. The molecule has 1 unspecified atom stereocenters. The molecule has 10 heteroatoms. The van der Waals surface area contributed by atoms with Crippen molar-refractivity contribution >= 4 is 16.9 Å². The quantitative estimate of drug-likeness (QED) is 0.0470. The van der Waals surface area contributed by atoms with E-state index in [1.165, 1.54) is 17.7 Å². The minimum atomic E-state index is -2.00. The van der Waals surface area contributed by atoms with Gasteiger partial charge in [0, 0.05) is 30.0 Å². The van der Waals surface area contributed by atoms with Gasteiger partial charge in [-0.1, -0.05) is 78.9 Å². The second-order valence-corrected chi connectivity index (χ2v) is 13.8. The van der Waals surface area contributed by atoms with Gasteiger partial charge in [0.25, 0.3) is 0 Å². The van der Waals surface area contributed by atoms with Crippen LogP contribution in [-0.2, 0) is 28.1 Å². The first kappa shape index (κ1) is 37.7. The molecule has 1 saturated heterocycles. The van der Waals surface area contributed by atoms with Crippen molar-refractivity contribution in [2.75, 3.05) is 32.8 Å². The number of esters is 1. The summed E-state index contributed by atoms with van der Waals surface area (Å²) in [5.74, 6) is 0.0676. The van der Waals surface area contributed by atoms with Gasteiger partial charge >= 0.3 is 5.97 Å². The number of aliphatic hydroxyl groups is 2. The van der Waals surface area contributed by atoms with Crippen LogP contribution in [0.1, 0.15) is 54.4 Å². The lowest BCUT2D eigenvalue weighted by atomic mass is 9.86. The number of nitrogens with zero attached hydrogens (tertiary/aromatic N) is 1. The predicted molar refractivity (Wildman–Crippen MR) is 205 cm³/mol. The zero-order chi connectivity index (χ0) is 37.0. The van der Waals surface area contributed by atoms with Crippen LogP contribution in [0.5, 0.6) is 11.5 Å². The maximum absolute atomic E-state index is 13.7. The molecule has 53 heavy (non-hydrogen) atoms. The van der Waals surface area contributed by atoms with E-state index in [2.05, 4.69) is 39.5 Å². The third-order valence-corrected chi connectivity index (χ3v) is 9.99. The summed E-state index contributed by atoms with van der Waals surface area (Å²) in [6.07, 6.45) is 3.81. The van der Waals surface area contributed by atoms with Gasteiger partial charge < -0.3 is 29.8 Å². The second-order valence-electron chi connectivity index (χ2n) is 13.8. The standard InChI is InChI=1S/C43H49N3O7/c47-38-19-17-33(37-18-20-39(48)45-41(37)38)27-40(49)44-23-8-3-9-26-52-36-16-10-15-35(28-36)43(51,34-13-6-2-7-14-34)42(50)53-30-32-21-24-46(25-22-32)29-31-11-4-1-5-12-31/h1-2,4-7,10-20,28,32,40,44,47,49,51H,3,8-9,21-27,29-30H2,(H,45,48)/t40-,43?/m1/s1. The van der Waals surface area contributed by atoms with Crippen molar-refractivity contribution in [2.24, 2.45) is 5.92 Å². The number of aromatic hydroxyl groups is 1. The minimum Gasteiger partial charge on any atom is -0.506 e. The lowest BCUT2D eigenvalue weighted by Crippen LogP contribution is -2.40. The van der Waals surface area contributed by atoms with Crippen LogP contribution in [0.3, 0.4) is 0 Å². The molecule has 0 radical (unpaired) electrons. The fourth-order valence-electron chi connectivity index (χ4n) is 6.96. The van der Waals surface area contributed by atoms with E-state index < -0.39 is 17.8 Å². The van der Waals surface area contributed by atoms with E-state index in [4.69, 9.17) is 9.47 Å². The molecule has 2 atom stereocenters. The molecular formula is C43H49N3O7. The van der Waals surface area contributed by atoms with Crippen molar-refractivity contribution in [1.82, 2.24) is 15.2 Å². The number of hydrogen-bond acceptors (Lipinski definition) is 9. The average Bonchev–Trinajstić information content (AvgIpc) is 3.19. The number of aromatic amines is 1. The molecule has 1 aliphatic heterocycles. The fourth-order valence-corrected chi connectivity index (χ4v) is 6.96. The number of piperidine rings is 1. The van der Waals surface area contributed by atoms with Crippen molar-refractivity contribution in [3.63, 3.8) is 0 Å². The minimum absolute atomic E-state index is 0.0101. The van der Waals surface area contributed by atoms with Crippen LogP contribution in [0.4, 0.5) is 0 Å². The molecule has 0 amide bonds. The van der Waals surface area contributed by atoms with E-state index in [1.807, 2.05) is 18.2 Å². The number of ether oxygens (including phenoxy) is 2. The summed E-state index contributed by atoms with van der Waals surface area (Å²) in [6, 6.07) is 32.7. The lowest BCUT2D eigenvalue weighted by Gasteiger charge is -2.33. The Morgan fingerprint density at radius 1 is 0.887 bits per heavy atom. The number of nitrogens with one attached hydrogen (secondary N) is 2. The number of fused-ring (bicyclic) bond motifs is 1. The van der Waals surface area contributed by atoms with Crippen LogP contribution >= 0.6 is 0 Å². The Labute approximate surface area is 310 Å². The highest BCUT2D eigenvalue weighted by atomic mass is 16.5. The lowest BCUT2D eigenvalue weighted by molar-refractivity contribution is -0.164. The van der Waals surface area contributed by atoms with Crippen molar-refractivity contribution in [2.45, 2.75) is 56.9 Å². The number of unbranched alkanes of at least 4 members (excludes halogenated alkanes) is 2. The Bertz CT molecular complexity index is 1980. The summed E-state index contributed by atoms with van der Waals surface area (Å²) in [5, 5.41) is 36.6. The number of pyridine rings is 1. The zero-order valence-electron chi connectivity index (χ0n) is 30.0. The van der Waals surface area contributed by atoms with Gasteiger partial charge in [-0.25, -0.2) is 4.79 Å². The van der Waals surface area contributed by atoms with E-state index >= 15 is 0 Å². The summed E-state index contributed by atoms with van der Waals surface area (Å²) in [7, 11) is 0. The van der Waals surface area contributed by atoms with Crippen molar-refractivity contribution in [3.8, 4) is 11.5 Å². The number of carbonyl (C=O) groups is 1. The molecule has 1 aromatic heterocycles. The van der Waals surface area contributed by atoms with Crippen LogP contribution < -0.4 is 15.6 Å². The number of phenolic OH excluding ortho intramolecular Hbond substituents is 1. The third-order valence-electron chi connectivity index (χ3n) is 9.99. The SMILES string of the molecule is O=C(OCC1CCN(Cc2ccccc2)CC1)C(O)(c1ccccc1)c1cccc(OCCCCCN[C@H](O)Cc2ccc(O)c3[nH]c(=O)ccc23)c1. The molecule has 5 N–H and O–H groups in total. The monoisotopic (exact) mass is 719 g/mol. The van der Waals surface area contributed by atoms with Gasteiger partial charge in [-0.2, -0.15) is 0 Å². The van der Waals surface area contributed by atoms with Gasteiger partial charge in [0.05, 0.1) is 18.7 Å². The maximum atomic E-state index is 13.7. The number of likely N-dealkylation sites (tertiary alicyclic amines) is 1. The first-order chi connectivity index (χ1) is 25.8. The van der Waals surface area contributed by atoms with Gasteiger partial charge in [-0.3, -0.25) is 15.0 Å². The summed E-state index contributed by atoms with van der Waals surface area (Å²) in [5.41, 5.74) is 0.987. The number of benzene rings is 4. The first-order valence-corrected chi connectivity index (χ1v) is 18.5. The van der Waals surface area contributed by atoms with Crippen molar-refractivity contribution in [1.29, 1.82) is 0 Å². The zero-order valence-corrected chi connectivity index (χ0v) is 30.0. The molecule has 2 heterocycles. The van der Waals surface area contributed by atoms with Crippen LogP contribution in [0.25, 0.3) is 10.9 Å². The molecule has 5 aromatic rings. The largest absolute Gasteiger partial charge is 0.506 e. The average molecular weight is 720 g/mol. The third kappa shape index (κ3) is 9.91. The van der Waals surface area contributed by atoms with Gasteiger partial charge in [0.15, 0.2) is 0 Å². The highest BCUT2D eigenvalue weighted by Crippen LogP contribution is 2.34. The molecule has 0 saturated carbocycles. The summed E-state index contributed by atoms with van der Waals surface area (Å²) < 4.78 is 11.9. The van der Waals surface area contributed by atoms with Gasteiger partial charge in [0.2, 0.25) is 11.2 Å². The Morgan fingerprint density at radius 3 is 2.40 bits per heavy atom. The molecule has 1 aliphatic rings. The predicted octanol–water partition coefficient (Wildman–Crippen LogP) is 5.62. The second kappa shape index (κ2) is 18.2. The summed E-state index contributed by atoms with van der Waals surface area (Å²) >= 11 is 0. The topological polar surface area (TPSA) is 144 Å². The van der Waals surface area contributed by atoms with Crippen molar-refractivity contribution in [3.05, 3.63) is 142 Å². The first-order valence-electron chi connectivity index (χ1n) is 18.5. The molecule has 1 fully saturated rings. The van der Waals surface area contributed by atoms with Crippen molar-refractivity contribution < 1.29 is 29.6 Å². The van der Waals surface area contributed by atoms with Crippen LogP contribution in [0.2, 0.25) is 0 Å². The van der Waals surface area contributed by atoms with E-state index in [0.29, 0.717) is 47.4 Å². The molecule has 10 nitrogen and oxygen atoms in total. The van der Waals surface area contributed by atoms with E-state index in [1.54, 1.807) is 54.6 Å². The normalized spacial score (nSPS) is 15.5. The number of H-pyrrole nitrogens is 1. The smallest absolute Gasteiger partial charge is 0.347 e. The molecule has 278 valence electrons. The molecule has 4 aromatic carbocycles. The van der Waals surface area contributed by atoms with E-state index in [-0.39, 0.29) is 23.8 Å². The van der Waals surface area contributed by atoms with Crippen LogP contribution in [-0.4, -0.2) is 70.2 Å². The van der Waals surface area contributed by atoms with Gasteiger partial charge in [-0.15, -0.1) is 0 Å². The van der Waals surface area contributed by atoms with Crippen LogP contribution in [0.15, 0.2) is 114 Å². The maximum Gasteiger partial charge on any atom is 0.347 e. The van der Waals surface area contributed by atoms with E-state index in [0.717, 1.165) is 57.3 Å². The molecule has 0 bridgehead atoms. The number of carbonyl (C=O) groups excluding carboxylic acids is 1. The molecular weight excluding hydrogens is 670 g/mol. The Kier molecular flexibility index (Phi) is 12.9. The molecule has 0 spiro atoms. The molecule has 6 rings (SSSR count). The summed E-state index contributed by atoms with van der Waals surface area (Å²) in [4.78, 5) is 30.5. The van der Waals surface area contributed by atoms with E-state index in [9.17, 15) is 24.9 Å². The summed E-state index contributed by atoms with van der Waals surface area (Å²) in [6.45, 7) is 4.07. The fraction of sp³-hybridized carbons (Fsp3) is 0.349. The highest BCUT2D eigenvalue weighted by molar-refractivity contribution is 5.87. The number of hydrogen-bond donors (Lipinski definition) is 5. The Hall–Kier alpha value is -5.00. The number of aromatic nitrogens is 1. The Balaban J connectivity index is 0.962. The van der Waals surface area contributed by atoms with Crippen LogP contribution in [0, 0.1) is 5.92 Å². The number of rotatable bonds is 17. The number of aliphatic hydroxyl groups excluding tert-OH is 1. The van der Waals surface area contributed by atoms with Gasteiger partial charge in [0.1, 0.15) is 17.7 Å². The molecule has 0 aliphatic carbocycles. The van der Waals surface area contributed by atoms with Gasteiger partial charge in [-0.05, 0) is 98.6 Å². The Morgan fingerprint density at radius 2 is 1.62 bits per heavy atom. The highest BCUT2D eigenvalue weighted by Gasteiger charge is 2.42.